The van der Waals surface area contributed by atoms with E-state index in [9.17, 15) is 4.39 Å². The number of hydrogen-bond donors (Lipinski definition) is 0. The Bertz CT molecular complexity index is 617. The molecule has 2 aromatic rings. The van der Waals surface area contributed by atoms with Crippen LogP contribution in [0.25, 0.3) is 0 Å². The van der Waals surface area contributed by atoms with Crippen molar-refractivity contribution >= 4 is 0 Å². The molecule has 1 aromatic heterocycles. The van der Waals surface area contributed by atoms with Crippen molar-refractivity contribution in [3.8, 4) is 0 Å². The molecule has 0 N–H and O–H groups in total. The predicted octanol–water partition coefficient (Wildman–Crippen LogP) is 3.20. The minimum Gasteiger partial charge on any atom is -0.364 e. The van der Waals surface area contributed by atoms with Crippen molar-refractivity contribution in [3.63, 3.8) is 0 Å². The van der Waals surface area contributed by atoms with Gasteiger partial charge in [-0.15, -0.1) is 0 Å². The van der Waals surface area contributed by atoms with Gasteiger partial charge in [-0.05, 0) is 50.4 Å². The SMILES string of the molecule is CN(Cc1ccon1)CC1CCCN(CCc2ccccc2F)C1. The Balaban J connectivity index is 1.45. The molecule has 0 amide bonds. The molecule has 1 aliphatic rings. The number of piperidine rings is 1. The average Bonchev–Trinajstić information content (AvgIpc) is 3.07. The van der Waals surface area contributed by atoms with E-state index in [0.717, 1.165) is 50.4 Å². The molecule has 5 heteroatoms. The second kappa shape index (κ2) is 8.40. The highest BCUT2D eigenvalue weighted by Crippen LogP contribution is 2.19. The third-order valence-corrected chi connectivity index (χ3v) is 4.75. The molecule has 0 saturated carbocycles. The summed E-state index contributed by atoms with van der Waals surface area (Å²) in [4.78, 5) is 4.79. The fourth-order valence-electron chi connectivity index (χ4n) is 3.58. The molecule has 1 unspecified atom stereocenters. The lowest BCUT2D eigenvalue weighted by Crippen LogP contribution is -2.40. The van der Waals surface area contributed by atoms with Gasteiger partial charge < -0.3 is 14.3 Å². The summed E-state index contributed by atoms with van der Waals surface area (Å²) in [7, 11) is 2.13. The Kier molecular flexibility index (Phi) is 5.99. The van der Waals surface area contributed by atoms with Gasteiger partial charge in [0.25, 0.3) is 0 Å². The number of hydrogen-bond acceptors (Lipinski definition) is 4. The molecule has 1 saturated heterocycles. The lowest BCUT2D eigenvalue weighted by Gasteiger charge is -2.34. The summed E-state index contributed by atoms with van der Waals surface area (Å²) < 4.78 is 18.6. The van der Waals surface area contributed by atoms with Crippen LogP contribution in [0.2, 0.25) is 0 Å². The van der Waals surface area contributed by atoms with E-state index in [1.807, 2.05) is 18.2 Å². The summed E-state index contributed by atoms with van der Waals surface area (Å²) in [6.07, 6.45) is 4.89. The van der Waals surface area contributed by atoms with Crippen molar-refractivity contribution in [1.82, 2.24) is 15.0 Å². The Morgan fingerprint density at radius 1 is 1.33 bits per heavy atom. The quantitative estimate of drug-likeness (QED) is 0.780. The van der Waals surface area contributed by atoms with Crippen LogP contribution < -0.4 is 0 Å². The molecular weight excluding hydrogens is 305 g/mol. The van der Waals surface area contributed by atoms with Gasteiger partial charge in [-0.1, -0.05) is 23.4 Å². The minimum absolute atomic E-state index is 0.0848. The predicted molar refractivity (Wildman–Crippen MR) is 92.1 cm³/mol. The van der Waals surface area contributed by atoms with E-state index in [0.29, 0.717) is 5.92 Å². The number of nitrogens with zero attached hydrogens (tertiary/aromatic N) is 3. The second-order valence-electron chi connectivity index (χ2n) is 6.84. The molecule has 0 spiro atoms. The zero-order valence-corrected chi connectivity index (χ0v) is 14.3. The Morgan fingerprint density at radius 3 is 3.00 bits per heavy atom. The highest BCUT2D eigenvalue weighted by atomic mass is 19.1. The van der Waals surface area contributed by atoms with E-state index in [4.69, 9.17) is 4.52 Å². The molecule has 1 aromatic carbocycles. The van der Waals surface area contributed by atoms with E-state index in [1.165, 1.54) is 12.8 Å². The van der Waals surface area contributed by atoms with Gasteiger partial charge >= 0.3 is 0 Å². The molecule has 0 bridgehead atoms. The Hall–Kier alpha value is -1.72. The molecule has 4 nitrogen and oxygen atoms in total. The smallest absolute Gasteiger partial charge is 0.126 e. The topological polar surface area (TPSA) is 32.5 Å². The molecule has 130 valence electrons. The first kappa shape index (κ1) is 17.1. The van der Waals surface area contributed by atoms with Crippen LogP contribution in [-0.4, -0.2) is 48.2 Å². The summed E-state index contributed by atoms with van der Waals surface area (Å²) in [6, 6.07) is 9.02. The monoisotopic (exact) mass is 331 g/mol. The molecule has 24 heavy (non-hydrogen) atoms. The molecular formula is C19H26FN3O. The van der Waals surface area contributed by atoms with Crippen molar-refractivity contribution in [2.24, 2.45) is 5.92 Å². The lowest BCUT2D eigenvalue weighted by atomic mass is 9.97. The van der Waals surface area contributed by atoms with Gasteiger partial charge in [0.1, 0.15) is 12.1 Å². The number of aromatic nitrogens is 1. The average molecular weight is 331 g/mol. The van der Waals surface area contributed by atoms with Crippen LogP contribution in [-0.2, 0) is 13.0 Å². The molecule has 0 radical (unpaired) electrons. The van der Waals surface area contributed by atoms with Crippen LogP contribution in [0.15, 0.2) is 41.1 Å². The van der Waals surface area contributed by atoms with Gasteiger partial charge in [-0.25, -0.2) is 4.39 Å². The van der Waals surface area contributed by atoms with Crippen LogP contribution >= 0.6 is 0 Å². The van der Waals surface area contributed by atoms with Crippen molar-refractivity contribution in [3.05, 3.63) is 53.7 Å². The largest absolute Gasteiger partial charge is 0.364 e. The summed E-state index contributed by atoms with van der Waals surface area (Å²) in [5.41, 5.74) is 1.80. The summed E-state index contributed by atoms with van der Waals surface area (Å²) in [5, 5.41) is 3.97. The maximum absolute atomic E-state index is 13.7. The van der Waals surface area contributed by atoms with E-state index in [2.05, 4.69) is 22.0 Å². The van der Waals surface area contributed by atoms with Crippen molar-refractivity contribution < 1.29 is 8.91 Å². The summed E-state index contributed by atoms with van der Waals surface area (Å²) in [5.74, 6) is 0.578. The van der Waals surface area contributed by atoms with E-state index in [-0.39, 0.29) is 5.82 Å². The maximum atomic E-state index is 13.7. The van der Waals surface area contributed by atoms with Crippen LogP contribution in [0.5, 0.6) is 0 Å². The van der Waals surface area contributed by atoms with Gasteiger partial charge in [0.05, 0.1) is 5.69 Å². The second-order valence-corrected chi connectivity index (χ2v) is 6.84. The first-order valence-corrected chi connectivity index (χ1v) is 8.74. The zero-order chi connectivity index (χ0) is 16.8. The standard InChI is InChI=1S/C19H26FN3O/c1-22(15-18-9-12-24-21-18)13-16-5-4-10-23(14-16)11-8-17-6-2-3-7-19(17)20/h2-3,6-7,9,12,16H,4-5,8,10-11,13-15H2,1H3. The lowest BCUT2D eigenvalue weighted by molar-refractivity contribution is 0.141. The first-order valence-electron chi connectivity index (χ1n) is 8.74. The molecule has 1 fully saturated rings. The van der Waals surface area contributed by atoms with Gasteiger partial charge in [-0.2, -0.15) is 0 Å². The highest BCUT2D eigenvalue weighted by Gasteiger charge is 2.21. The van der Waals surface area contributed by atoms with E-state index in [1.54, 1.807) is 18.4 Å². The van der Waals surface area contributed by atoms with E-state index >= 15 is 0 Å². The number of rotatable bonds is 7. The van der Waals surface area contributed by atoms with Crippen LogP contribution in [0, 0.1) is 11.7 Å². The van der Waals surface area contributed by atoms with Crippen molar-refractivity contribution in [2.45, 2.75) is 25.8 Å². The summed E-state index contributed by atoms with van der Waals surface area (Å²) >= 11 is 0. The van der Waals surface area contributed by atoms with Gasteiger partial charge in [0.2, 0.25) is 0 Å². The highest BCUT2D eigenvalue weighted by molar-refractivity contribution is 5.17. The van der Waals surface area contributed by atoms with Crippen LogP contribution in [0.3, 0.4) is 0 Å². The Labute approximate surface area is 143 Å². The van der Waals surface area contributed by atoms with Gasteiger partial charge in [0, 0.05) is 32.2 Å². The van der Waals surface area contributed by atoms with Crippen molar-refractivity contribution in [1.29, 1.82) is 0 Å². The minimum atomic E-state index is -0.0848. The van der Waals surface area contributed by atoms with Crippen LogP contribution in [0.4, 0.5) is 4.39 Å². The van der Waals surface area contributed by atoms with Crippen molar-refractivity contribution in [2.75, 3.05) is 33.2 Å². The van der Waals surface area contributed by atoms with Gasteiger partial charge in [0.15, 0.2) is 0 Å². The summed E-state index contributed by atoms with van der Waals surface area (Å²) in [6.45, 7) is 5.03. The maximum Gasteiger partial charge on any atom is 0.126 e. The molecule has 2 heterocycles. The zero-order valence-electron chi connectivity index (χ0n) is 14.3. The third kappa shape index (κ3) is 4.89. The van der Waals surface area contributed by atoms with E-state index < -0.39 is 0 Å². The number of benzene rings is 1. The molecule has 1 atom stereocenters. The number of halogens is 1. The van der Waals surface area contributed by atoms with Crippen LogP contribution in [0.1, 0.15) is 24.1 Å². The molecule has 3 rings (SSSR count). The van der Waals surface area contributed by atoms with Gasteiger partial charge in [-0.3, -0.25) is 0 Å². The third-order valence-electron chi connectivity index (χ3n) is 4.75. The fraction of sp³-hybridized carbons (Fsp3) is 0.526. The molecule has 0 aliphatic carbocycles. The Morgan fingerprint density at radius 2 is 2.21 bits per heavy atom. The first-order chi connectivity index (χ1) is 11.7. The number of likely N-dealkylation sites (tertiary alicyclic amines) is 1. The normalized spacial score (nSPS) is 19.0. The molecule has 1 aliphatic heterocycles. The fourth-order valence-corrected chi connectivity index (χ4v) is 3.58.